The number of hydrogen-bond acceptors (Lipinski definition) is 3. The van der Waals surface area contributed by atoms with E-state index in [4.69, 9.17) is 0 Å². The molecule has 104 valence electrons. The standard InChI is InChI=1S/C14H19BrN2O2/c15-11-1-2-12(13(18)9-11)14(19)17-8-5-10-3-6-16-7-4-10/h1-2,9-10,16,18H,3-8H2,(H,17,19). The number of halogens is 1. The molecule has 1 heterocycles. The van der Waals surface area contributed by atoms with Crippen molar-refractivity contribution >= 4 is 21.8 Å². The average molecular weight is 327 g/mol. The molecule has 0 radical (unpaired) electrons. The van der Waals surface area contributed by atoms with Crippen molar-refractivity contribution in [1.29, 1.82) is 0 Å². The first-order valence-electron chi connectivity index (χ1n) is 6.64. The molecule has 1 aliphatic rings. The number of piperidine rings is 1. The summed E-state index contributed by atoms with van der Waals surface area (Å²) in [4.78, 5) is 11.9. The number of phenolic OH excluding ortho intramolecular Hbond substituents is 1. The van der Waals surface area contributed by atoms with Crippen LogP contribution in [0.25, 0.3) is 0 Å². The van der Waals surface area contributed by atoms with Gasteiger partial charge in [0.05, 0.1) is 5.56 Å². The van der Waals surface area contributed by atoms with Crippen LogP contribution in [-0.4, -0.2) is 30.6 Å². The van der Waals surface area contributed by atoms with Gasteiger partial charge in [-0.2, -0.15) is 0 Å². The van der Waals surface area contributed by atoms with E-state index in [0.717, 1.165) is 24.0 Å². The van der Waals surface area contributed by atoms with Gasteiger partial charge in [-0.05, 0) is 56.5 Å². The first kappa shape index (κ1) is 14.3. The van der Waals surface area contributed by atoms with Crippen molar-refractivity contribution in [2.75, 3.05) is 19.6 Å². The third-order valence-corrected chi connectivity index (χ3v) is 3.99. The Hall–Kier alpha value is -1.07. The Kier molecular flexibility index (Phi) is 5.22. The van der Waals surface area contributed by atoms with Gasteiger partial charge in [0, 0.05) is 11.0 Å². The lowest BCUT2D eigenvalue weighted by atomic mass is 9.95. The van der Waals surface area contributed by atoms with Gasteiger partial charge in [0.1, 0.15) is 5.75 Å². The number of benzene rings is 1. The van der Waals surface area contributed by atoms with Crippen LogP contribution in [0.5, 0.6) is 5.75 Å². The zero-order valence-electron chi connectivity index (χ0n) is 10.8. The van der Waals surface area contributed by atoms with E-state index in [0.29, 0.717) is 18.0 Å². The molecule has 1 aromatic rings. The summed E-state index contributed by atoms with van der Waals surface area (Å²) in [5.74, 6) is 0.493. The minimum atomic E-state index is -0.209. The van der Waals surface area contributed by atoms with Crippen LogP contribution in [0.1, 0.15) is 29.6 Å². The molecule has 1 saturated heterocycles. The second kappa shape index (κ2) is 6.91. The Balaban J connectivity index is 1.80. The Labute approximate surface area is 121 Å². The number of hydrogen-bond donors (Lipinski definition) is 3. The van der Waals surface area contributed by atoms with Gasteiger partial charge in [-0.3, -0.25) is 4.79 Å². The molecule has 4 nitrogen and oxygen atoms in total. The molecule has 19 heavy (non-hydrogen) atoms. The molecule has 0 saturated carbocycles. The highest BCUT2D eigenvalue weighted by molar-refractivity contribution is 9.10. The fourth-order valence-corrected chi connectivity index (χ4v) is 2.70. The highest BCUT2D eigenvalue weighted by Gasteiger charge is 2.14. The SMILES string of the molecule is O=C(NCCC1CCNCC1)c1ccc(Br)cc1O. The normalized spacial score (nSPS) is 16.3. The molecular weight excluding hydrogens is 308 g/mol. The Morgan fingerprint density at radius 1 is 1.42 bits per heavy atom. The Morgan fingerprint density at radius 3 is 2.84 bits per heavy atom. The van der Waals surface area contributed by atoms with Crippen LogP contribution in [0.2, 0.25) is 0 Å². The summed E-state index contributed by atoms with van der Waals surface area (Å²) in [7, 11) is 0. The Morgan fingerprint density at radius 2 is 2.16 bits per heavy atom. The number of carbonyl (C=O) groups is 1. The molecule has 2 rings (SSSR count). The van der Waals surface area contributed by atoms with Crippen molar-refractivity contribution in [3.8, 4) is 5.75 Å². The summed E-state index contributed by atoms with van der Waals surface area (Å²) in [5, 5.41) is 15.9. The summed E-state index contributed by atoms with van der Waals surface area (Å²) in [6.07, 6.45) is 3.36. The highest BCUT2D eigenvalue weighted by Crippen LogP contribution is 2.22. The molecular formula is C14H19BrN2O2. The first-order chi connectivity index (χ1) is 9.16. The van der Waals surface area contributed by atoms with E-state index in [9.17, 15) is 9.90 Å². The predicted molar refractivity (Wildman–Crippen MR) is 78.4 cm³/mol. The van der Waals surface area contributed by atoms with Crippen molar-refractivity contribution < 1.29 is 9.90 Å². The fourth-order valence-electron chi connectivity index (χ4n) is 2.35. The molecule has 0 atom stereocenters. The summed E-state index contributed by atoms with van der Waals surface area (Å²) < 4.78 is 0.760. The van der Waals surface area contributed by atoms with Crippen molar-refractivity contribution in [1.82, 2.24) is 10.6 Å². The van der Waals surface area contributed by atoms with Gasteiger partial charge in [-0.1, -0.05) is 15.9 Å². The summed E-state index contributed by atoms with van der Waals surface area (Å²) in [5.41, 5.74) is 0.327. The number of amides is 1. The number of aromatic hydroxyl groups is 1. The lowest BCUT2D eigenvalue weighted by molar-refractivity contribution is 0.0948. The molecule has 3 N–H and O–H groups in total. The van der Waals surface area contributed by atoms with Crippen LogP contribution in [-0.2, 0) is 0 Å². The van der Waals surface area contributed by atoms with E-state index in [1.807, 2.05) is 0 Å². The van der Waals surface area contributed by atoms with Crippen LogP contribution in [0, 0.1) is 5.92 Å². The topological polar surface area (TPSA) is 61.4 Å². The molecule has 0 bridgehead atoms. The largest absolute Gasteiger partial charge is 0.507 e. The summed E-state index contributed by atoms with van der Waals surface area (Å²) in [6, 6.07) is 4.91. The minimum Gasteiger partial charge on any atom is -0.507 e. The zero-order chi connectivity index (χ0) is 13.7. The highest BCUT2D eigenvalue weighted by atomic mass is 79.9. The smallest absolute Gasteiger partial charge is 0.255 e. The molecule has 0 aliphatic carbocycles. The van der Waals surface area contributed by atoms with E-state index >= 15 is 0 Å². The maximum Gasteiger partial charge on any atom is 0.255 e. The lowest BCUT2D eigenvalue weighted by Crippen LogP contribution is -2.31. The number of rotatable bonds is 4. The van der Waals surface area contributed by atoms with Gasteiger partial charge in [0.25, 0.3) is 5.91 Å². The first-order valence-corrected chi connectivity index (χ1v) is 7.43. The van der Waals surface area contributed by atoms with Gasteiger partial charge in [-0.15, -0.1) is 0 Å². The molecule has 1 aliphatic heterocycles. The predicted octanol–water partition coefficient (Wildman–Crippen LogP) is 2.27. The molecule has 0 unspecified atom stereocenters. The van der Waals surface area contributed by atoms with Gasteiger partial charge in [0.15, 0.2) is 0 Å². The van der Waals surface area contributed by atoms with E-state index in [-0.39, 0.29) is 11.7 Å². The monoisotopic (exact) mass is 326 g/mol. The number of nitrogens with one attached hydrogen (secondary N) is 2. The molecule has 1 aromatic carbocycles. The number of carbonyl (C=O) groups excluding carboxylic acids is 1. The van der Waals surface area contributed by atoms with E-state index in [1.54, 1.807) is 12.1 Å². The molecule has 0 spiro atoms. The summed E-state index contributed by atoms with van der Waals surface area (Å²) >= 11 is 3.25. The number of phenols is 1. The van der Waals surface area contributed by atoms with Crippen LogP contribution in [0.4, 0.5) is 0 Å². The summed E-state index contributed by atoms with van der Waals surface area (Å²) in [6.45, 7) is 2.82. The molecule has 0 aromatic heterocycles. The third kappa shape index (κ3) is 4.21. The van der Waals surface area contributed by atoms with Crippen molar-refractivity contribution in [3.05, 3.63) is 28.2 Å². The van der Waals surface area contributed by atoms with Gasteiger partial charge in [-0.25, -0.2) is 0 Å². The molecule has 5 heteroatoms. The third-order valence-electron chi connectivity index (χ3n) is 3.50. The Bertz CT molecular complexity index is 445. The maximum absolute atomic E-state index is 11.9. The lowest BCUT2D eigenvalue weighted by Gasteiger charge is -2.22. The van der Waals surface area contributed by atoms with Gasteiger partial charge in [0.2, 0.25) is 0 Å². The van der Waals surface area contributed by atoms with E-state index < -0.39 is 0 Å². The van der Waals surface area contributed by atoms with Crippen LogP contribution >= 0.6 is 15.9 Å². The van der Waals surface area contributed by atoms with Crippen molar-refractivity contribution in [2.45, 2.75) is 19.3 Å². The molecule has 1 fully saturated rings. The molecule has 1 amide bonds. The fraction of sp³-hybridized carbons (Fsp3) is 0.500. The van der Waals surface area contributed by atoms with Gasteiger partial charge >= 0.3 is 0 Å². The van der Waals surface area contributed by atoms with Crippen molar-refractivity contribution in [3.63, 3.8) is 0 Å². The second-order valence-electron chi connectivity index (χ2n) is 4.90. The maximum atomic E-state index is 11.9. The zero-order valence-corrected chi connectivity index (χ0v) is 12.4. The second-order valence-corrected chi connectivity index (χ2v) is 5.82. The van der Waals surface area contributed by atoms with Crippen LogP contribution in [0.15, 0.2) is 22.7 Å². The van der Waals surface area contributed by atoms with E-state index in [2.05, 4.69) is 26.6 Å². The van der Waals surface area contributed by atoms with Crippen molar-refractivity contribution in [2.24, 2.45) is 5.92 Å². The van der Waals surface area contributed by atoms with Crippen LogP contribution in [0.3, 0.4) is 0 Å². The quantitative estimate of drug-likeness (QED) is 0.795. The average Bonchev–Trinajstić information content (AvgIpc) is 2.39. The van der Waals surface area contributed by atoms with E-state index in [1.165, 1.54) is 18.9 Å². The van der Waals surface area contributed by atoms with Gasteiger partial charge < -0.3 is 15.7 Å². The van der Waals surface area contributed by atoms with Crippen LogP contribution < -0.4 is 10.6 Å². The minimum absolute atomic E-state index is 0.00809.